The van der Waals surface area contributed by atoms with E-state index < -0.39 is 0 Å². The van der Waals surface area contributed by atoms with Gasteiger partial charge in [-0.2, -0.15) is 5.10 Å². The fourth-order valence-corrected chi connectivity index (χ4v) is 2.57. The maximum atomic E-state index is 6.37. The molecule has 106 valence electrons. The first-order valence-corrected chi connectivity index (χ1v) is 7.19. The molecular weight excluding hydrogens is 282 g/mol. The summed E-state index contributed by atoms with van der Waals surface area (Å²) >= 11 is 6.37. The smallest absolute Gasteiger partial charge is 0.0832 e. The molecule has 0 spiro atoms. The molecule has 0 fully saturated rings. The van der Waals surface area contributed by atoms with Gasteiger partial charge in [-0.05, 0) is 30.3 Å². The first-order chi connectivity index (χ1) is 10.3. The van der Waals surface area contributed by atoms with Gasteiger partial charge < -0.3 is 5.32 Å². The zero-order valence-corrected chi connectivity index (χ0v) is 12.5. The monoisotopic (exact) mass is 297 g/mol. The van der Waals surface area contributed by atoms with Gasteiger partial charge in [-0.15, -0.1) is 0 Å². The molecule has 0 radical (unpaired) electrons. The number of aromatic nitrogens is 2. The number of nitrogens with one attached hydrogen (secondary N) is 1. The van der Waals surface area contributed by atoms with E-state index in [1.165, 1.54) is 0 Å². The van der Waals surface area contributed by atoms with Gasteiger partial charge in [-0.1, -0.05) is 48.0 Å². The first kappa shape index (κ1) is 13.9. The average molecular weight is 298 g/mol. The van der Waals surface area contributed by atoms with Crippen LogP contribution < -0.4 is 5.32 Å². The lowest BCUT2D eigenvalue weighted by molar-refractivity contribution is 0.815. The van der Waals surface area contributed by atoms with Crippen molar-refractivity contribution in [3.05, 3.63) is 71.5 Å². The van der Waals surface area contributed by atoms with Gasteiger partial charge >= 0.3 is 0 Å². The molecule has 0 atom stereocenters. The third kappa shape index (κ3) is 2.99. The van der Waals surface area contributed by atoms with Crippen molar-refractivity contribution in [3.63, 3.8) is 0 Å². The Morgan fingerprint density at radius 1 is 1.10 bits per heavy atom. The highest BCUT2D eigenvalue weighted by Gasteiger charge is 2.07. The lowest BCUT2D eigenvalue weighted by atomic mass is 10.1. The summed E-state index contributed by atoms with van der Waals surface area (Å²) in [6.45, 7) is 0.800. The molecule has 3 nitrogen and oxygen atoms in total. The number of halogens is 1. The topological polar surface area (TPSA) is 29.9 Å². The summed E-state index contributed by atoms with van der Waals surface area (Å²) in [7, 11) is 1.92. The first-order valence-electron chi connectivity index (χ1n) is 6.81. The van der Waals surface area contributed by atoms with Gasteiger partial charge in [0.05, 0.1) is 16.9 Å². The van der Waals surface area contributed by atoms with Gasteiger partial charge in [0.2, 0.25) is 0 Å². The van der Waals surface area contributed by atoms with E-state index in [9.17, 15) is 0 Å². The molecule has 0 saturated carbocycles. The number of rotatable bonds is 4. The summed E-state index contributed by atoms with van der Waals surface area (Å²) in [5.41, 5.74) is 4.26. The highest BCUT2D eigenvalue weighted by Crippen LogP contribution is 2.24. The van der Waals surface area contributed by atoms with E-state index in [1.54, 1.807) is 0 Å². The van der Waals surface area contributed by atoms with E-state index >= 15 is 0 Å². The lowest BCUT2D eigenvalue weighted by Crippen LogP contribution is -2.05. The molecule has 1 heterocycles. The normalized spacial score (nSPS) is 10.8. The molecule has 3 aromatic rings. The summed E-state index contributed by atoms with van der Waals surface area (Å²) < 4.78 is 1.81. The Hall–Kier alpha value is -2.10. The lowest BCUT2D eigenvalue weighted by Gasteiger charge is -2.07. The molecule has 21 heavy (non-hydrogen) atoms. The van der Waals surface area contributed by atoms with E-state index in [-0.39, 0.29) is 0 Å². The number of benzene rings is 2. The van der Waals surface area contributed by atoms with Crippen LogP contribution in [0.4, 0.5) is 0 Å². The molecule has 1 N–H and O–H groups in total. The van der Waals surface area contributed by atoms with Crippen LogP contribution in [-0.2, 0) is 6.54 Å². The molecular formula is C17H16ClN3. The molecule has 0 bridgehead atoms. The third-order valence-corrected chi connectivity index (χ3v) is 3.63. The molecule has 3 rings (SSSR count). The Bertz CT molecular complexity index is 735. The van der Waals surface area contributed by atoms with Crippen LogP contribution in [0.1, 0.15) is 5.56 Å². The van der Waals surface area contributed by atoms with E-state index in [1.807, 2.05) is 54.5 Å². The van der Waals surface area contributed by atoms with Crippen LogP contribution >= 0.6 is 11.6 Å². The molecule has 0 amide bonds. The van der Waals surface area contributed by atoms with Crippen LogP contribution in [0, 0.1) is 0 Å². The Kier molecular flexibility index (Phi) is 4.04. The third-order valence-electron chi connectivity index (χ3n) is 3.33. The van der Waals surface area contributed by atoms with Gasteiger partial charge in [0.1, 0.15) is 0 Å². The van der Waals surface area contributed by atoms with E-state index in [4.69, 9.17) is 11.6 Å². The van der Waals surface area contributed by atoms with Crippen molar-refractivity contribution in [2.45, 2.75) is 6.54 Å². The summed E-state index contributed by atoms with van der Waals surface area (Å²) in [5.74, 6) is 0. The molecule has 4 heteroatoms. The quantitative estimate of drug-likeness (QED) is 0.791. The second-order valence-electron chi connectivity index (χ2n) is 4.86. The number of hydrogen-bond donors (Lipinski definition) is 1. The van der Waals surface area contributed by atoms with Crippen molar-refractivity contribution in [3.8, 4) is 16.8 Å². The van der Waals surface area contributed by atoms with Crippen molar-refractivity contribution >= 4 is 11.6 Å². The minimum Gasteiger partial charge on any atom is -0.316 e. The van der Waals surface area contributed by atoms with Gasteiger partial charge in [0.25, 0.3) is 0 Å². The maximum absolute atomic E-state index is 6.37. The number of hydrogen-bond acceptors (Lipinski definition) is 2. The van der Waals surface area contributed by atoms with Crippen molar-refractivity contribution in [2.75, 3.05) is 7.05 Å². The van der Waals surface area contributed by atoms with E-state index in [0.29, 0.717) is 5.02 Å². The summed E-state index contributed by atoms with van der Waals surface area (Å²) in [6, 6.07) is 16.2. The minimum absolute atomic E-state index is 0.700. The molecule has 0 aliphatic carbocycles. The van der Waals surface area contributed by atoms with Crippen LogP contribution in [-0.4, -0.2) is 16.8 Å². The SMILES string of the molecule is CNCc1ccc(-n2cc(-c3ccccc3)cn2)c(Cl)c1. The average Bonchev–Trinajstić information content (AvgIpc) is 2.98. The van der Waals surface area contributed by atoms with Gasteiger partial charge in [-0.25, -0.2) is 4.68 Å². The molecule has 1 aromatic heterocycles. The highest BCUT2D eigenvalue weighted by molar-refractivity contribution is 6.32. The highest BCUT2D eigenvalue weighted by atomic mass is 35.5. The van der Waals surface area contributed by atoms with E-state index in [0.717, 1.165) is 28.9 Å². The fourth-order valence-electron chi connectivity index (χ4n) is 2.28. The van der Waals surface area contributed by atoms with Gasteiger partial charge in [0, 0.05) is 18.3 Å². The largest absolute Gasteiger partial charge is 0.316 e. The Balaban J connectivity index is 1.93. The standard InChI is InChI=1S/C17H16ClN3/c1-19-10-13-7-8-17(16(18)9-13)21-12-15(11-20-21)14-5-3-2-4-6-14/h2-9,11-12,19H,10H2,1H3. The van der Waals surface area contributed by atoms with Crippen molar-refractivity contribution in [1.29, 1.82) is 0 Å². The van der Waals surface area contributed by atoms with Crippen molar-refractivity contribution in [1.82, 2.24) is 15.1 Å². The second-order valence-corrected chi connectivity index (χ2v) is 5.26. The van der Waals surface area contributed by atoms with Gasteiger partial charge in [-0.3, -0.25) is 0 Å². The van der Waals surface area contributed by atoms with Crippen molar-refractivity contribution in [2.24, 2.45) is 0 Å². The van der Waals surface area contributed by atoms with Crippen LogP contribution in [0.3, 0.4) is 0 Å². The van der Waals surface area contributed by atoms with Crippen molar-refractivity contribution < 1.29 is 0 Å². The molecule has 0 unspecified atom stereocenters. The second kappa shape index (κ2) is 6.12. The molecule has 0 saturated heterocycles. The predicted octanol–water partition coefficient (Wildman–Crippen LogP) is 3.91. The zero-order valence-electron chi connectivity index (χ0n) is 11.8. The van der Waals surface area contributed by atoms with Gasteiger partial charge in [0.15, 0.2) is 0 Å². The zero-order chi connectivity index (χ0) is 14.7. The van der Waals surface area contributed by atoms with Crippen LogP contribution in [0.25, 0.3) is 16.8 Å². The fraction of sp³-hybridized carbons (Fsp3) is 0.118. The number of nitrogens with zero attached hydrogens (tertiary/aromatic N) is 2. The predicted molar refractivity (Wildman–Crippen MR) is 86.8 cm³/mol. The Morgan fingerprint density at radius 3 is 2.62 bits per heavy atom. The minimum atomic E-state index is 0.700. The Morgan fingerprint density at radius 2 is 1.90 bits per heavy atom. The Labute approximate surface area is 129 Å². The molecule has 0 aliphatic rings. The van der Waals surface area contributed by atoms with Crippen LogP contribution in [0.5, 0.6) is 0 Å². The molecule has 0 aliphatic heterocycles. The van der Waals surface area contributed by atoms with Crippen LogP contribution in [0.15, 0.2) is 60.9 Å². The maximum Gasteiger partial charge on any atom is 0.0832 e. The summed E-state index contributed by atoms with van der Waals surface area (Å²) in [5, 5.41) is 8.23. The summed E-state index contributed by atoms with van der Waals surface area (Å²) in [4.78, 5) is 0. The summed E-state index contributed by atoms with van der Waals surface area (Å²) in [6.07, 6.45) is 3.85. The molecule has 2 aromatic carbocycles. The van der Waals surface area contributed by atoms with Crippen LogP contribution in [0.2, 0.25) is 5.02 Å². The van der Waals surface area contributed by atoms with E-state index in [2.05, 4.69) is 28.6 Å².